The van der Waals surface area contributed by atoms with Crippen molar-refractivity contribution in [2.24, 2.45) is 4.99 Å². The van der Waals surface area contributed by atoms with Crippen LogP contribution in [0.4, 0.5) is 0 Å². The molecule has 1 aliphatic rings. The van der Waals surface area contributed by atoms with Gasteiger partial charge in [-0.3, -0.25) is 4.79 Å². The first-order chi connectivity index (χ1) is 12.1. The highest BCUT2D eigenvalue weighted by Gasteiger charge is 2.16. The van der Waals surface area contributed by atoms with Crippen LogP contribution in [0.25, 0.3) is 0 Å². The van der Waals surface area contributed by atoms with Crippen molar-refractivity contribution in [3.63, 3.8) is 0 Å². The van der Waals surface area contributed by atoms with Crippen molar-refractivity contribution in [3.05, 3.63) is 0 Å². The van der Waals surface area contributed by atoms with Crippen LogP contribution in [0.1, 0.15) is 59.8 Å². The summed E-state index contributed by atoms with van der Waals surface area (Å²) >= 11 is 0. The van der Waals surface area contributed by atoms with Gasteiger partial charge < -0.3 is 20.4 Å². The fourth-order valence-corrected chi connectivity index (χ4v) is 3.18. The van der Waals surface area contributed by atoms with Gasteiger partial charge in [0.1, 0.15) is 6.54 Å². The molecule has 1 amide bonds. The van der Waals surface area contributed by atoms with Gasteiger partial charge in [-0.2, -0.15) is 0 Å². The van der Waals surface area contributed by atoms with Crippen molar-refractivity contribution in [1.82, 2.24) is 20.4 Å². The molecule has 1 atom stereocenters. The van der Waals surface area contributed by atoms with E-state index in [9.17, 15) is 4.79 Å². The average Bonchev–Trinajstić information content (AvgIpc) is 2.64. The zero-order chi connectivity index (χ0) is 18.5. The quantitative estimate of drug-likeness (QED) is 0.286. The number of rotatable bonds is 10. The number of carbonyl (C=O) groups excluding carboxylic acids is 1. The summed E-state index contributed by atoms with van der Waals surface area (Å²) < 4.78 is 0. The smallest absolute Gasteiger partial charge is 0.244 e. The SMILES string of the molecule is CCNC(=NCC(=O)N1CCCCC1)NC(C)CCCN(CC)CC.I. The van der Waals surface area contributed by atoms with E-state index in [4.69, 9.17) is 0 Å². The summed E-state index contributed by atoms with van der Waals surface area (Å²) in [7, 11) is 0. The highest BCUT2D eigenvalue weighted by atomic mass is 127. The molecule has 1 heterocycles. The molecule has 0 aromatic rings. The molecule has 0 aliphatic carbocycles. The van der Waals surface area contributed by atoms with Crippen LogP contribution in [0, 0.1) is 0 Å². The molecular weight excluding hydrogens is 441 g/mol. The van der Waals surface area contributed by atoms with Crippen LogP contribution in [0.15, 0.2) is 4.99 Å². The predicted octanol–water partition coefficient (Wildman–Crippen LogP) is 2.68. The van der Waals surface area contributed by atoms with Crippen LogP contribution >= 0.6 is 24.0 Å². The first-order valence-electron chi connectivity index (χ1n) is 10.2. The summed E-state index contributed by atoms with van der Waals surface area (Å²) in [5.41, 5.74) is 0. The minimum absolute atomic E-state index is 0. The molecule has 1 saturated heterocycles. The summed E-state index contributed by atoms with van der Waals surface area (Å²) in [4.78, 5) is 21.2. The molecule has 0 spiro atoms. The number of nitrogens with zero attached hydrogens (tertiary/aromatic N) is 3. The van der Waals surface area contributed by atoms with Crippen LogP contribution in [-0.2, 0) is 4.79 Å². The van der Waals surface area contributed by atoms with Gasteiger partial charge in [0.25, 0.3) is 0 Å². The maximum atomic E-state index is 12.3. The Morgan fingerprint density at radius 2 is 1.81 bits per heavy atom. The maximum Gasteiger partial charge on any atom is 0.244 e. The predicted molar refractivity (Wildman–Crippen MR) is 121 cm³/mol. The fraction of sp³-hybridized carbons (Fsp3) is 0.895. The third-order valence-corrected chi connectivity index (χ3v) is 4.81. The lowest BCUT2D eigenvalue weighted by atomic mass is 10.1. The number of carbonyl (C=O) groups is 1. The molecule has 2 N–H and O–H groups in total. The van der Waals surface area contributed by atoms with Gasteiger partial charge in [0.05, 0.1) is 0 Å². The van der Waals surface area contributed by atoms with E-state index < -0.39 is 0 Å². The lowest BCUT2D eigenvalue weighted by Gasteiger charge is -2.26. The van der Waals surface area contributed by atoms with Crippen LogP contribution in [-0.4, -0.2) is 73.5 Å². The Morgan fingerprint density at radius 3 is 2.38 bits per heavy atom. The second kappa shape index (κ2) is 15.5. The molecule has 0 aromatic carbocycles. The summed E-state index contributed by atoms with van der Waals surface area (Å²) in [6.07, 6.45) is 5.75. The van der Waals surface area contributed by atoms with Crippen LogP contribution < -0.4 is 10.6 Å². The van der Waals surface area contributed by atoms with Crippen LogP contribution in [0.2, 0.25) is 0 Å². The monoisotopic (exact) mass is 481 g/mol. The number of hydrogen-bond donors (Lipinski definition) is 2. The minimum atomic E-state index is 0. The van der Waals surface area contributed by atoms with Gasteiger partial charge in [0.2, 0.25) is 5.91 Å². The molecule has 1 rings (SSSR count). The number of hydrogen-bond acceptors (Lipinski definition) is 3. The van der Waals surface area contributed by atoms with Gasteiger partial charge >= 0.3 is 0 Å². The third-order valence-electron chi connectivity index (χ3n) is 4.81. The van der Waals surface area contributed by atoms with E-state index in [1.165, 1.54) is 12.8 Å². The third kappa shape index (κ3) is 10.5. The van der Waals surface area contributed by atoms with E-state index in [1.54, 1.807) is 0 Å². The number of amides is 1. The Balaban J connectivity index is 0.00000625. The molecule has 1 fully saturated rings. The highest BCUT2D eigenvalue weighted by Crippen LogP contribution is 2.08. The second-order valence-corrected chi connectivity index (χ2v) is 6.85. The van der Waals surface area contributed by atoms with E-state index in [0.29, 0.717) is 6.04 Å². The Morgan fingerprint density at radius 1 is 1.15 bits per heavy atom. The number of likely N-dealkylation sites (tertiary alicyclic amines) is 1. The first kappa shape index (κ1) is 25.4. The zero-order valence-electron chi connectivity index (χ0n) is 17.2. The molecule has 0 radical (unpaired) electrons. The van der Waals surface area contributed by atoms with Gasteiger partial charge in [-0.05, 0) is 65.6 Å². The summed E-state index contributed by atoms with van der Waals surface area (Å²) in [5.74, 6) is 0.897. The van der Waals surface area contributed by atoms with E-state index in [-0.39, 0.29) is 36.4 Å². The standard InChI is InChI=1S/C19H39N5O.HI/c1-5-20-19(21-16-18(25)24-14-9-8-10-15-24)22-17(4)12-11-13-23(6-2)7-3;/h17H,5-16H2,1-4H3,(H2,20,21,22);1H. The Bertz CT molecular complexity index is 395. The van der Waals surface area contributed by atoms with E-state index in [1.807, 2.05) is 4.90 Å². The summed E-state index contributed by atoms with van der Waals surface area (Å²) in [6.45, 7) is 14.8. The molecule has 26 heavy (non-hydrogen) atoms. The normalized spacial score (nSPS) is 16.2. The van der Waals surface area contributed by atoms with Gasteiger partial charge in [0, 0.05) is 25.7 Å². The molecule has 0 saturated carbocycles. The Kier molecular flexibility index (Phi) is 15.1. The lowest BCUT2D eigenvalue weighted by Crippen LogP contribution is -2.43. The van der Waals surface area contributed by atoms with Crippen LogP contribution in [0.5, 0.6) is 0 Å². The van der Waals surface area contributed by atoms with Crippen molar-refractivity contribution < 1.29 is 4.79 Å². The number of aliphatic imine (C=N–C) groups is 1. The second-order valence-electron chi connectivity index (χ2n) is 6.85. The topological polar surface area (TPSA) is 60.0 Å². The fourth-order valence-electron chi connectivity index (χ4n) is 3.18. The van der Waals surface area contributed by atoms with E-state index in [0.717, 1.165) is 64.5 Å². The van der Waals surface area contributed by atoms with Crippen molar-refractivity contribution in [1.29, 1.82) is 0 Å². The number of nitrogens with one attached hydrogen (secondary N) is 2. The number of halogens is 1. The molecule has 0 aromatic heterocycles. The number of piperidine rings is 1. The van der Waals surface area contributed by atoms with Crippen molar-refractivity contribution in [3.8, 4) is 0 Å². The number of guanidine groups is 1. The molecule has 6 nitrogen and oxygen atoms in total. The Hall–Kier alpha value is -0.570. The molecule has 154 valence electrons. The molecule has 0 bridgehead atoms. The first-order valence-corrected chi connectivity index (χ1v) is 10.2. The van der Waals surface area contributed by atoms with Crippen molar-refractivity contribution in [2.75, 3.05) is 45.8 Å². The highest BCUT2D eigenvalue weighted by molar-refractivity contribution is 14.0. The average molecular weight is 481 g/mol. The van der Waals surface area contributed by atoms with Crippen LogP contribution in [0.3, 0.4) is 0 Å². The molecule has 7 heteroatoms. The summed E-state index contributed by atoms with van der Waals surface area (Å²) in [6, 6.07) is 0.346. The summed E-state index contributed by atoms with van der Waals surface area (Å²) in [5, 5.41) is 6.69. The lowest BCUT2D eigenvalue weighted by molar-refractivity contribution is -0.130. The van der Waals surface area contributed by atoms with E-state index >= 15 is 0 Å². The van der Waals surface area contributed by atoms with Gasteiger partial charge in [-0.1, -0.05) is 13.8 Å². The molecular formula is C19H40IN5O. The Labute approximate surface area is 177 Å². The van der Waals surface area contributed by atoms with Crippen molar-refractivity contribution in [2.45, 2.75) is 65.8 Å². The van der Waals surface area contributed by atoms with Crippen molar-refractivity contribution >= 4 is 35.8 Å². The zero-order valence-corrected chi connectivity index (χ0v) is 19.6. The van der Waals surface area contributed by atoms with E-state index in [2.05, 4.69) is 48.2 Å². The van der Waals surface area contributed by atoms with Gasteiger partial charge in [-0.15, -0.1) is 24.0 Å². The van der Waals surface area contributed by atoms with Gasteiger partial charge in [-0.25, -0.2) is 4.99 Å². The maximum absolute atomic E-state index is 12.3. The van der Waals surface area contributed by atoms with Gasteiger partial charge in [0.15, 0.2) is 5.96 Å². The molecule has 1 unspecified atom stereocenters. The molecule has 1 aliphatic heterocycles. The largest absolute Gasteiger partial charge is 0.357 e. The minimum Gasteiger partial charge on any atom is -0.357 e.